The van der Waals surface area contributed by atoms with Gasteiger partial charge in [0.1, 0.15) is 5.75 Å². The summed E-state index contributed by atoms with van der Waals surface area (Å²) in [5.74, 6) is 1.59. The fourth-order valence-electron chi connectivity index (χ4n) is 3.66. The zero-order valence-corrected chi connectivity index (χ0v) is 16.2. The summed E-state index contributed by atoms with van der Waals surface area (Å²) in [5.41, 5.74) is 3.55. The average molecular weight is 367 g/mol. The molecule has 27 heavy (non-hydrogen) atoms. The molecule has 3 rings (SSSR count). The quantitative estimate of drug-likeness (QED) is 0.676. The van der Waals surface area contributed by atoms with Crippen LogP contribution in [0.2, 0.25) is 0 Å². The Morgan fingerprint density at radius 3 is 2.63 bits per heavy atom. The van der Waals surface area contributed by atoms with Crippen LogP contribution < -0.4 is 15.4 Å². The van der Waals surface area contributed by atoms with Gasteiger partial charge in [-0.25, -0.2) is 0 Å². The van der Waals surface area contributed by atoms with Gasteiger partial charge < -0.3 is 15.4 Å². The van der Waals surface area contributed by atoms with E-state index < -0.39 is 0 Å². The summed E-state index contributed by atoms with van der Waals surface area (Å²) in [6.45, 7) is 2.16. The van der Waals surface area contributed by atoms with Crippen molar-refractivity contribution < 1.29 is 9.53 Å². The highest BCUT2D eigenvalue weighted by Gasteiger charge is 2.15. The van der Waals surface area contributed by atoms with Gasteiger partial charge in [0.05, 0.1) is 7.11 Å². The van der Waals surface area contributed by atoms with Crippen molar-refractivity contribution in [2.45, 2.75) is 44.4 Å². The fourth-order valence-corrected chi connectivity index (χ4v) is 3.66. The van der Waals surface area contributed by atoms with Gasteiger partial charge in [0.2, 0.25) is 5.91 Å². The van der Waals surface area contributed by atoms with Crippen LogP contribution in [-0.2, 0) is 11.2 Å². The first-order valence-electron chi connectivity index (χ1n) is 9.98. The third-order valence-corrected chi connectivity index (χ3v) is 5.26. The number of hydrogen-bond donors (Lipinski definition) is 2. The number of hydrogen-bond acceptors (Lipinski definition) is 3. The second-order valence-electron chi connectivity index (χ2n) is 7.25. The van der Waals surface area contributed by atoms with E-state index in [4.69, 9.17) is 4.74 Å². The zero-order chi connectivity index (χ0) is 18.9. The van der Waals surface area contributed by atoms with E-state index in [0.717, 1.165) is 43.8 Å². The van der Waals surface area contributed by atoms with E-state index in [1.807, 2.05) is 18.2 Å². The number of nitrogens with one attached hydrogen (secondary N) is 2. The van der Waals surface area contributed by atoms with Crippen molar-refractivity contribution in [2.24, 2.45) is 0 Å². The number of piperidine rings is 1. The van der Waals surface area contributed by atoms with E-state index in [2.05, 4.69) is 41.0 Å². The molecule has 0 atom stereocenters. The lowest BCUT2D eigenvalue weighted by atomic mass is 9.90. The van der Waals surface area contributed by atoms with Crippen molar-refractivity contribution >= 4 is 11.6 Å². The Morgan fingerprint density at radius 1 is 1.11 bits per heavy atom. The average Bonchev–Trinajstić information content (AvgIpc) is 2.72. The van der Waals surface area contributed by atoms with Gasteiger partial charge in [-0.3, -0.25) is 4.79 Å². The van der Waals surface area contributed by atoms with Gasteiger partial charge in [0, 0.05) is 12.1 Å². The van der Waals surface area contributed by atoms with Crippen molar-refractivity contribution in [3.8, 4) is 5.75 Å². The molecule has 2 aromatic carbocycles. The van der Waals surface area contributed by atoms with E-state index in [0.29, 0.717) is 12.3 Å². The third-order valence-electron chi connectivity index (χ3n) is 5.26. The summed E-state index contributed by atoms with van der Waals surface area (Å²) >= 11 is 0. The first kappa shape index (κ1) is 19.4. The molecule has 2 aromatic rings. The second kappa shape index (κ2) is 10.1. The van der Waals surface area contributed by atoms with Crippen LogP contribution in [0.4, 0.5) is 5.69 Å². The number of ether oxygens (including phenoxy) is 1. The lowest BCUT2D eigenvalue weighted by Crippen LogP contribution is -2.26. The van der Waals surface area contributed by atoms with E-state index in [-0.39, 0.29) is 5.91 Å². The first-order chi connectivity index (χ1) is 13.2. The Hall–Kier alpha value is -2.33. The minimum Gasteiger partial charge on any atom is -0.497 e. The second-order valence-corrected chi connectivity index (χ2v) is 7.25. The number of rotatable bonds is 8. The number of unbranched alkanes of at least 4 members (excludes halogenated alkanes) is 1. The van der Waals surface area contributed by atoms with Crippen LogP contribution in [0.1, 0.15) is 49.1 Å². The van der Waals surface area contributed by atoms with Crippen molar-refractivity contribution in [1.82, 2.24) is 5.32 Å². The van der Waals surface area contributed by atoms with E-state index >= 15 is 0 Å². The van der Waals surface area contributed by atoms with Crippen molar-refractivity contribution in [3.63, 3.8) is 0 Å². The van der Waals surface area contributed by atoms with E-state index in [9.17, 15) is 4.79 Å². The monoisotopic (exact) mass is 366 g/mol. The van der Waals surface area contributed by atoms with Gasteiger partial charge in [-0.1, -0.05) is 24.3 Å². The smallest absolute Gasteiger partial charge is 0.224 e. The molecule has 0 aromatic heterocycles. The maximum absolute atomic E-state index is 12.3. The van der Waals surface area contributed by atoms with Gasteiger partial charge in [-0.15, -0.1) is 0 Å². The molecule has 4 heteroatoms. The number of aryl methyl sites for hydroxylation is 1. The molecule has 1 saturated heterocycles. The van der Waals surface area contributed by atoms with Gasteiger partial charge >= 0.3 is 0 Å². The lowest BCUT2D eigenvalue weighted by molar-refractivity contribution is -0.116. The number of anilines is 1. The number of methoxy groups -OCH3 is 1. The first-order valence-corrected chi connectivity index (χ1v) is 9.98. The molecule has 1 amide bonds. The Balaban J connectivity index is 1.41. The Bertz CT molecular complexity index is 721. The number of carbonyl (C=O) groups is 1. The highest BCUT2D eigenvalue weighted by Crippen LogP contribution is 2.27. The largest absolute Gasteiger partial charge is 0.497 e. The summed E-state index contributed by atoms with van der Waals surface area (Å²) in [4.78, 5) is 12.3. The third kappa shape index (κ3) is 6.10. The molecule has 144 valence electrons. The van der Waals surface area contributed by atoms with Crippen molar-refractivity contribution in [3.05, 3.63) is 59.7 Å². The Kier molecular flexibility index (Phi) is 7.28. The summed E-state index contributed by atoms with van der Waals surface area (Å²) in [6, 6.07) is 16.5. The molecular formula is C23H30N2O2. The highest BCUT2D eigenvalue weighted by molar-refractivity contribution is 5.90. The topological polar surface area (TPSA) is 50.4 Å². The summed E-state index contributed by atoms with van der Waals surface area (Å²) in [5, 5.41) is 6.47. The van der Waals surface area contributed by atoms with E-state index in [1.165, 1.54) is 24.0 Å². The standard InChI is InChI=1S/C23H30N2O2/c1-27-22-11-9-18(10-12-22)5-2-3-8-23(26)25-21-7-4-6-20(17-21)19-13-15-24-16-14-19/h4,6-7,9-12,17,19,24H,2-3,5,8,13-16H2,1H3,(H,25,26). The Labute approximate surface area is 162 Å². The molecule has 1 aliphatic rings. The number of amides is 1. The molecule has 4 nitrogen and oxygen atoms in total. The highest BCUT2D eigenvalue weighted by atomic mass is 16.5. The van der Waals surface area contributed by atoms with Crippen LogP contribution in [-0.4, -0.2) is 26.1 Å². The predicted molar refractivity (Wildman–Crippen MR) is 110 cm³/mol. The van der Waals surface area contributed by atoms with Crippen molar-refractivity contribution in [2.75, 3.05) is 25.5 Å². The van der Waals surface area contributed by atoms with Crippen LogP contribution in [0.15, 0.2) is 48.5 Å². The molecule has 0 saturated carbocycles. The normalized spacial score (nSPS) is 14.7. The molecule has 1 fully saturated rings. The predicted octanol–water partition coefficient (Wildman–Crippen LogP) is 4.51. The maximum atomic E-state index is 12.3. The molecule has 0 aliphatic carbocycles. The molecule has 0 radical (unpaired) electrons. The molecule has 0 spiro atoms. The van der Waals surface area contributed by atoms with Gasteiger partial charge in [0.25, 0.3) is 0 Å². The van der Waals surface area contributed by atoms with Gasteiger partial charge in [-0.05, 0) is 86.5 Å². The summed E-state index contributed by atoms with van der Waals surface area (Å²) < 4.78 is 5.17. The van der Waals surface area contributed by atoms with Crippen LogP contribution in [0.3, 0.4) is 0 Å². The molecule has 1 aliphatic heterocycles. The van der Waals surface area contributed by atoms with Gasteiger partial charge in [-0.2, -0.15) is 0 Å². The summed E-state index contributed by atoms with van der Waals surface area (Å²) in [7, 11) is 1.68. The summed E-state index contributed by atoms with van der Waals surface area (Å²) in [6.07, 6.45) is 5.79. The van der Waals surface area contributed by atoms with Crippen LogP contribution in [0.25, 0.3) is 0 Å². The minimum absolute atomic E-state index is 0.104. The molecule has 2 N–H and O–H groups in total. The van der Waals surface area contributed by atoms with Crippen LogP contribution >= 0.6 is 0 Å². The number of carbonyl (C=O) groups excluding carboxylic acids is 1. The zero-order valence-electron chi connectivity index (χ0n) is 16.2. The van der Waals surface area contributed by atoms with Crippen LogP contribution in [0.5, 0.6) is 5.75 Å². The van der Waals surface area contributed by atoms with E-state index in [1.54, 1.807) is 7.11 Å². The lowest BCUT2D eigenvalue weighted by Gasteiger charge is -2.23. The van der Waals surface area contributed by atoms with Crippen LogP contribution in [0, 0.1) is 0 Å². The molecular weight excluding hydrogens is 336 g/mol. The fraction of sp³-hybridized carbons (Fsp3) is 0.435. The van der Waals surface area contributed by atoms with Crippen molar-refractivity contribution in [1.29, 1.82) is 0 Å². The molecule has 1 heterocycles. The van der Waals surface area contributed by atoms with Gasteiger partial charge in [0.15, 0.2) is 0 Å². The molecule has 0 unspecified atom stereocenters. The minimum atomic E-state index is 0.104. The maximum Gasteiger partial charge on any atom is 0.224 e. The SMILES string of the molecule is COc1ccc(CCCCC(=O)Nc2cccc(C3CCNCC3)c2)cc1. The Morgan fingerprint density at radius 2 is 1.89 bits per heavy atom. The molecule has 0 bridgehead atoms. The number of benzene rings is 2.